The molecule has 0 N–H and O–H groups in total. The SMILES string of the molecule is Br.Clc1ccc(-c2nnc3n2N=C(c2cccs2)CS3)cc1. The van der Waals surface area contributed by atoms with Gasteiger partial charge in [0.2, 0.25) is 5.16 Å². The molecule has 0 amide bonds. The van der Waals surface area contributed by atoms with Crippen molar-refractivity contribution in [3.8, 4) is 11.4 Å². The van der Waals surface area contributed by atoms with Crippen LogP contribution in [-0.4, -0.2) is 26.3 Å². The number of rotatable bonds is 2. The Morgan fingerprint density at radius 2 is 1.91 bits per heavy atom. The van der Waals surface area contributed by atoms with Crippen LogP contribution in [0.25, 0.3) is 11.4 Å². The monoisotopic (exact) mass is 412 g/mol. The zero-order valence-electron chi connectivity index (χ0n) is 11.1. The number of nitrogens with zero attached hydrogens (tertiary/aromatic N) is 4. The van der Waals surface area contributed by atoms with E-state index in [1.54, 1.807) is 23.1 Å². The second-order valence-electron chi connectivity index (χ2n) is 4.44. The second kappa shape index (κ2) is 6.54. The van der Waals surface area contributed by atoms with Crippen molar-refractivity contribution in [2.45, 2.75) is 5.16 Å². The third-order valence-corrected chi connectivity index (χ3v) is 5.18. The maximum Gasteiger partial charge on any atom is 0.212 e. The van der Waals surface area contributed by atoms with Gasteiger partial charge in [-0.2, -0.15) is 9.78 Å². The Labute approximate surface area is 151 Å². The van der Waals surface area contributed by atoms with E-state index in [9.17, 15) is 0 Å². The van der Waals surface area contributed by atoms with Crippen LogP contribution < -0.4 is 0 Å². The van der Waals surface area contributed by atoms with Crippen LogP contribution in [0.5, 0.6) is 0 Å². The van der Waals surface area contributed by atoms with Gasteiger partial charge in [0.1, 0.15) is 0 Å². The Morgan fingerprint density at radius 1 is 1.09 bits per heavy atom. The average molecular weight is 414 g/mol. The van der Waals surface area contributed by atoms with Crippen molar-refractivity contribution in [2.75, 3.05) is 5.75 Å². The molecule has 0 saturated heterocycles. The van der Waals surface area contributed by atoms with Crippen LogP contribution in [0.4, 0.5) is 0 Å². The van der Waals surface area contributed by atoms with Crippen LogP contribution in [0.3, 0.4) is 0 Å². The minimum atomic E-state index is 0. The molecule has 8 heteroatoms. The Morgan fingerprint density at radius 3 is 2.64 bits per heavy atom. The normalized spacial score (nSPS) is 13.2. The first-order chi connectivity index (χ1) is 10.3. The maximum absolute atomic E-state index is 5.93. The number of thiophene rings is 1. The molecule has 0 saturated carbocycles. The zero-order chi connectivity index (χ0) is 14.2. The van der Waals surface area contributed by atoms with Crippen LogP contribution in [0, 0.1) is 0 Å². The Bertz CT molecular complexity index is 812. The molecule has 0 aliphatic carbocycles. The quantitative estimate of drug-likeness (QED) is 0.617. The van der Waals surface area contributed by atoms with Gasteiger partial charge in [-0.15, -0.1) is 38.5 Å². The molecule has 2 aromatic heterocycles. The molecule has 3 aromatic rings. The molecule has 1 aliphatic heterocycles. The third-order valence-electron chi connectivity index (χ3n) is 3.08. The Kier molecular flexibility index (Phi) is 4.67. The van der Waals surface area contributed by atoms with Gasteiger partial charge in [-0.3, -0.25) is 0 Å². The van der Waals surface area contributed by atoms with E-state index in [0.29, 0.717) is 5.02 Å². The standard InChI is InChI=1S/C14H9ClN4S2.BrH/c15-10-5-3-9(4-6-10)13-16-17-14-19(13)18-11(8-21-14)12-2-1-7-20-12;/h1-7H,8H2;1H. The molecule has 4 rings (SSSR count). The van der Waals surface area contributed by atoms with Crippen LogP contribution in [0.2, 0.25) is 5.02 Å². The van der Waals surface area contributed by atoms with Gasteiger partial charge >= 0.3 is 0 Å². The lowest BCUT2D eigenvalue weighted by atomic mass is 10.2. The van der Waals surface area contributed by atoms with Crippen LogP contribution in [0.15, 0.2) is 52.0 Å². The van der Waals surface area contributed by atoms with Gasteiger partial charge in [0.15, 0.2) is 5.82 Å². The lowest BCUT2D eigenvalue weighted by molar-refractivity contribution is 0.763. The first-order valence-electron chi connectivity index (χ1n) is 6.27. The van der Waals surface area contributed by atoms with Gasteiger partial charge in [0.25, 0.3) is 0 Å². The highest BCUT2D eigenvalue weighted by Crippen LogP contribution is 2.29. The van der Waals surface area contributed by atoms with Gasteiger partial charge < -0.3 is 0 Å². The number of halogens is 2. The highest BCUT2D eigenvalue weighted by Gasteiger charge is 2.20. The minimum absolute atomic E-state index is 0. The molecule has 1 aliphatic rings. The maximum atomic E-state index is 5.93. The highest BCUT2D eigenvalue weighted by atomic mass is 79.9. The smallest absolute Gasteiger partial charge is 0.186 e. The molecular weight excluding hydrogens is 404 g/mol. The molecular formula is C14H10BrClN4S2. The minimum Gasteiger partial charge on any atom is -0.186 e. The average Bonchev–Trinajstić information content (AvgIpc) is 3.17. The van der Waals surface area contributed by atoms with Crippen LogP contribution >= 0.6 is 51.7 Å². The summed E-state index contributed by atoms with van der Waals surface area (Å²) in [6.07, 6.45) is 0. The number of hydrogen-bond donors (Lipinski definition) is 0. The number of hydrogen-bond acceptors (Lipinski definition) is 5. The van der Waals surface area contributed by atoms with Gasteiger partial charge in [0, 0.05) is 16.3 Å². The second-order valence-corrected chi connectivity index (χ2v) is 6.76. The first-order valence-corrected chi connectivity index (χ1v) is 8.51. The fraction of sp³-hybridized carbons (Fsp3) is 0.0714. The summed E-state index contributed by atoms with van der Waals surface area (Å²) >= 11 is 9.28. The molecule has 3 heterocycles. The van der Waals surface area contributed by atoms with E-state index in [1.807, 2.05) is 35.0 Å². The Balaban J connectivity index is 0.00000144. The van der Waals surface area contributed by atoms with E-state index in [-0.39, 0.29) is 17.0 Å². The molecule has 0 bridgehead atoms. The summed E-state index contributed by atoms with van der Waals surface area (Å²) in [5.74, 6) is 1.56. The van der Waals surface area contributed by atoms with Gasteiger partial charge in [-0.1, -0.05) is 29.4 Å². The van der Waals surface area contributed by atoms with E-state index in [4.69, 9.17) is 16.7 Å². The summed E-state index contributed by atoms with van der Waals surface area (Å²) < 4.78 is 1.81. The summed E-state index contributed by atoms with van der Waals surface area (Å²) in [6, 6.07) is 11.7. The zero-order valence-corrected chi connectivity index (χ0v) is 15.2. The summed E-state index contributed by atoms with van der Waals surface area (Å²) in [5, 5.41) is 16.8. The summed E-state index contributed by atoms with van der Waals surface area (Å²) in [6.45, 7) is 0. The van der Waals surface area contributed by atoms with Crippen molar-refractivity contribution in [1.82, 2.24) is 14.9 Å². The van der Waals surface area contributed by atoms with Crippen molar-refractivity contribution in [2.24, 2.45) is 5.10 Å². The summed E-state index contributed by atoms with van der Waals surface area (Å²) in [5.41, 5.74) is 2.01. The van der Waals surface area contributed by atoms with Crippen molar-refractivity contribution in [1.29, 1.82) is 0 Å². The molecule has 112 valence electrons. The van der Waals surface area contributed by atoms with Gasteiger partial charge in [0.05, 0.1) is 10.6 Å². The van der Waals surface area contributed by atoms with Gasteiger partial charge in [-0.05, 0) is 35.7 Å². The van der Waals surface area contributed by atoms with E-state index < -0.39 is 0 Å². The predicted octanol–water partition coefficient (Wildman–Crippen LogP) is 4.60. The fourth-order valence-corrected chi connectivity index (χ4v) is 3.82. The molecule has 0 fully saturated rings. The number of thioether (sulfide) groups is 1. The van der Waals surface area contributed by atoms with Crippen molar-refractivity contribution < 1.29 is 0 Å². The first kappa shape index (κ1) is 15.7. The topological polar surface area (TPSA) is 43.1 Å². The molecule has 1 aromatic carbocycles. The number of fused-ring (bicyclic) bond motifs is 1. The lowest BCUT2D eigenvalue weighted by Gasteiger charge is -2.12. The van der Waals surface area contributed by atoms with Crippen molar-refractivity contribution >= 4 is 57.4 Å². The highest BCUT2D eigenvalue weighted by molar-refractivity contribution is 8.93. The van der Waals surface area contributed by atoms with E-state index in [1.165, 1.54) is 4.88 Å². The van der Waals surface area contributed by atoms with Crippen molar-refractivity contribution in [3.63, 3.8) is 0 Å². The molecule has 0 unspecified atom stereocenters. The van der Waals surface area contributed by atoms with Crippen LogP contribution in [0.1, 0.15) is 4.88 Å². The Hall–Kier alpha value is -1.15. The van der Waals surface area contributed by atoms with Crippen LogP contribution in [-0.2, 0) is 0 Å². The van der Waals surface area contributed by atoms with E-state index in [2.05, 4.69) is 21.6 Å². The van der Waals surface area contributed by atoms with Crippen molar-refractivity contribution in [3.05, 3.63) is 51.7 Å². The molecule has 0 spiro atoms. The number of benzene rings is 1. The van der Waals surface area contributed by atoms with E-state index >= 15 is 0 Å². The summed E-state index contributed by atoms with van der Waals surface area (Å²) in [7, 11) is 0. The summed E-state index contributed by atoms with van der Waals surface area (Å²) in [4.78, 5) is 1.18. The molecule has 0 atom stereocenters. The molecule has 0 radical (unpaired) electrons. The lowest BCUT2D eigenvalue weighted by Crippen LogP contribution is -2.12. The molecule has 4 nitrogen and oxygen atoms in total. The van der Waals surface area contributed by atoms with E-state index in [0.717, 1.165) is 28.0 Å². The third kappa shape index (κ3) is 2.86. The fourth-order valence-electron chi connectivity index (χ4n) is 2.07. The van der Waals surface area contributed by atoms with Gasteiger partial charge in [-0.25, -0.2) is 0 Å². The molecule has 22 heavy (non-hydrogen) atoms. The largest absolute Gasteiger partial charge is 0.212 e. The predicted molar refractivity (Wildman–Crippen MR) is 97.8 cm³/mol. The number of aromatic nitrogens is 3.